The fourth-order valence-electron chi connectivity index (χ4n) is 2.70. The summed E-state index contributed by atoms with van der Waals surface area (Å²) in [6, 6.07) is 23.5. The summed E-state index contributed by atoms with van der Waals surface area (Å²) < 4.78 is 11.5. The van der Waals surface area contributed by atoms with E-state index < -0.39 is 6.10 Å². The van der Waals surface area contributed by atoms with Crippen molar-refractivity contribution < 1.29 is 14.3 Å². The van der Waals surface area contributed by atoms with Gasteiger partial charge >= 0.3 is 0 Å². The molecule has 0 bridgehead atoms. The summed E-state index contributed by atoms with van der Waals surface area (Å²) in [6.07, 6.45) is 0.102. The molecule has 26 heavy (non-hydrogen) atoms. The Morgan fingerprint density at radius 2 is 1.65 bits per heavy atom. The predicted molar refractivity (Wildman–Crippen MR) is 104 cm³/mol. The molecule has 3 rings (SSSR count). The zero-order valence-corrected chi connectivity index (χ0v) is 14.9. The Labute approximate surface area is 153 Å². The predicted octanol–water partition coefficient (Wildman–Crippen LogP) is 4.19. The second-order valence-corrected chi connectivity index (χ2v) is 5.98. The molecule has 0 aliphatic carbocycles. The number of hydrogen-bond acceptors (Lipinski definition) is 3. The molecule has 0 unspecified atom stereocenters. The minimum Gasteiger partial charge on any atom is -0.492 e. The third-order valence-corrected chi connectivity index (χ3v) is 4.08. The first-order valence-corrected chi connectivity index (χ1v) is 8.87. The van der Waals surface area contributed by atoms with E-state index in [2.05, 4.69) is 17.4 Å². The van der Waals surface area contributed by atoms with Gasteiger partial charge in [-0.15, -0.1) is 0 Å². The highest BCUT2D eigenvalue weighted by Gasteiger charge is 2.17. The molecule has 4 heteroatoms. The summed E-state index contributed by atoms with van der Waals surface area (Å²) in [6.45, 7) is 2.77. The molecule has 134 valence electrons. The van der Waals surface area contributed by atoms with E-state index in [1.54, 1.807) is 0 Å². The third kappa shape index (κ3) is 4.76. The van der Waals surface area contributed by atoms with E-state index in [4.69, 9.17) is 9.47 Å². The Balaban J connectivity index is 1.46. The zero-order chi connectivity index (χ0) is 18.2. The van der Waals surface area contributed by atoms with Crippen LogP contribution in [0.4, 0.5) is 0 Å². The maximum atomic E-state index is 12.3. The van der Waals surface area contributed by atoms with Gasteiger partial charge in [0.05, 0.1) is 6.54 Å². The van der Waals surface area contributed by atoms with Gasteiger partial charge in [0.15, 0.2) is 6.10 Å². The van der Waals surface area contributed by atoms with Gasteiger partial charge in [-0.05, 0) is 41.5 Å². The van der Waals surface area contributed by atoms with Crippen molar-refractivity contribution in [3.8, 4) is 11.5 Å². The van der Waals surface area contributed by atoms with E-state index in [-0.39, 0.29) is 5.91 Å². The highest BCUT2D eigenvalue weighted by molar-refractivity contribution is 5.83. The molecule has 0 spiro atoms. The highest BCUT2D eigenvalue weighted by Crippen LogP contribution is 2.20. The summed E-state index contributed by atoms with van der Waals surface area (Å²) in [7, 11) is 0. The van der Waals surface area contributed by atoms with Crippen molar-refractivity contribution in [1.29, 1.82) is 0 Å². The Kier molecular flexibility index (Phi) is 6.09. The summed E-state index contributed by atoms with van der Waals surface area (Å²) in [5.74, 6) is 1.37. The number of para-hydroxylation sites is 1. The lowest BCUT2D eigenvalue weighted by Crippen LogP contribution is -2.39. The zero-order valence-electron chi connectivity index (χ0n) is 14.9. The van der Waals surface area contributed by atoms with Crippen LogP contribution in [-0.4, -0.2) is 25.2 Å². The number of carbonyl (C=O) groups excluding carboxylic acids is 1. The second kappa shape index (κ2) is 8.90. The van der Waals surface area contributed by atoms with Gasteiger partial charge < -0.3 is 14.8 Å². The molecule has 0 heterocycles. The number of fused-ring (bicyclic) bond motifs is 1. The van der Waals surface area contributed by atoms with Gasteiger partial charge in [-0.1, -0.05) is 55.5 Å². The molecule has 4 nitrogen and oxygen atoms in total. The molecule has 0 aliphatic rings. The topological polar surface area (TPSA) is 47.6 Å². The summed E-state index contributed by atoms with van der Waals surface area (Å²) in [5, 5.41) is 5.19. The van der Waals surface area contributed by atoms with E-state index in [0.29, 0.717) is 25.3 Å². The standard InChI is InChI=1S/C22H23NO3/c1-2-21(26-19-10-4-3-5-11-19)22(24)23-14-15-25-20-13-12-17-8-6-7-9-18(17)16-20/h3-13,16,21H,2,14-15H2,1H3,(H,23,24)/t21-/m0/s1. The SMILES string of the molecule is CC[C@H](Oc1ccccc1)C(=O)NCCOc1ccc2ccccc2c1. The second-order valence-electron chi connectivity index (χ2n) is 5.98. The summed E-state index contributed by atoms with van der Waals surface area (Å²) in [5.41, 5.74) is 0. The summed E-state index contributed by atoms with van der Waals surface area (Å²) >= 11 is 0. The van der Waals surface area contributed by atoms with Crippen molar-refractivity contribution in [3.05, 3.63) is 72.8 Å². The molecule has 0 fully saturated rings. The number of benzene rings is 3. The monoisotopic (exact) mass is 349 g/mol. The van der Waals surface area contributed by atoms with Crippen LogP contribution < -0.4 is 14.8 Å². The van der Waals surface area contributed by atoms with Gasteiger partial charge in [0.2, 0.25) is 0 Å². The fraction of sp³-hybridized carbons (Fsp3) is 0.227. The molecule has 0 saturated heterocycles. The normalized spacial score (nSPS) is 11.7. The average molecular weight is 349 g/mol. The molecule has 0 aliphatic heterocycles. The Hall–Kier alpha value is -3.01. The van der Waals surface area contributed by atoms with Gasteiger partial charge in [0, 0.05) is 0 Å². The van der Waals surface area contributed by atoms with Crippen molar-refractivity contribution in [2.45, 2.75) is 19.4 Å². The Bertz CT molecular complexity index is 848. The lowest BCUT2D eigenvalue weighted by atomic mass is 10.1. The Morgan fingerprint density at radius 1 is 0.923 bits per heavy atom. The molecular formula is C22H23NO3. The Morgan fingerprint density at radius 3 is 2.42 bits per heavy atom. The van der Waals surface area contributed by atoms with E-state index in [0.717, 1.165) is 11.1 Å². The first-order chi connectivity index (χ1) is 12.8. The average Bonchev–Trinajstić information content (AvgIpc) is 2.70. The largest absolute Gasteiger partial charge is 0.492 e. The van der Waals surface area contributed by atoms with Crippen molar-refractivity contribution >= 4 is 16.7 Å². The van der Waals surface area contributed by atoms with Gasteiger partial charge in [-0.2, -0.15) is 0 Å². The summed E-state index contributed by atoms with van der Waals surface area (Å²) in [4.78, 5) is 12.3. The van der Waals surface area contributed by atoms with Crippen molar-refractivity contribution in [3.63, 3.8) is 0 Å². The maximum absolute atomic E-state index is 12.3. The molecule has 1 N–H and O–H groups in total. The smallest absolute Gasteiger partial charge is 0.261 e. The first kappa shape index (κ1) is 17.8. The van der Waals surface area contributed by atoms with Crippen LogP contribution in [0.25, 0.3) is 10.8 Å². The molecule has 3 aromatic rings. The van der Waals surface area contributed by atoms with Gasteiger partial charge in [0.25, 0.3) is 5.91 Å². The van der Waals surface area contributed by atoms with Crippen LogP contribution in [0.1, 0.15) is 13.3 Å². The maximum Gasteiger partial charge on any atom is 0.261 e. The molecule has 0 aromatic heterocycles. The minimum absolute atomic E-state index is 0.126. The molecule has 0 saturated carbocycles. The van der Waals surface area contributed by atoms with Crippen LogP contribution in [0.3, 0.4) is 0 Å². The van der Waals surface area contributed by atoms with Crippen LogP contribution in [0.5, 0.6) is 11.5 Å². The molecule has 3 aromatic carbocycles. The molecular weight excluding hydrogens is 326 g/mol. The van der Waals surface area contributed by atoms with E-state index in [9.17, 15) is 4.79 Å². The molecule has 1 amide bonds. The van der Waals surface area contributed by atoms with E-state index in [1.807, 2.05) is 67.6 Å². The third-order valence-electron chi connectivity index (χ3n) is 4.08. The number of nitrogens with one attached hydrogen (secondary N) is 1. The van der Waals surface area contributed by atoms with Crippen molar-refractivity contribution in [1.82, 2.24) is 5.32 Å². The number of rotatable bonds is 8. The van der Waals surface area contributed by atoms with Gasteiger partial charge in [0.1, 0.15) is 18.1 Å². The number of amides is 1. The van der Waals surface area contributed by atoms with Crippen LogP contribution in [-0.2, 0) is 4.79 Å². The van der Waals surface area contributed by atoms with Crippen LogP contribution in [0.15, 0.2) is 72.8 Å². The van der Waals surface area contributed by atoms with E-state index >= 15 is 0 Å². The number of hydrogen-bond donors (Lipinski definition) is 1. The van der Waals surface area contributed by atoms with Crippen LogP contribution in [0.2, 0.25) is 0 Å². The van der Waals surface area contributed by atoms with Gasteiger partial charge in [-0.3, -0.25) is 4.79 Å². The highest BCUT2D eigenvalue weighted by atomic mass is 16.5. The quantitative estimate of drug-likeness (QED) is 0.620. The molecule has 1 atom stereocenters. The number of ether oxygens (including phenoxy) is 2. The van der Waals surface area contributed by atoms with Crippen molar-refractivity contribution in [2.24, 2.45) is 0 Å². The minimum atomic E-state index is -0.502. The van der Waals surface area contributed by atoms with Crippen LogP contribution in [0, 0.1) is 0 Å². The lowest BCUT2D eigenvalue weighted by molar-refractivity contribution is -0.128. The molecule has 0 radical (unpaired) electrons. The van der Waals surface area contributed by atoms with E-state index in [1.165, 1.54) is 5.39 Å². The van der Waals surface area contributed by atoms with Crippen molar-refractivity contribution in [2.75, 3.05) is 13.2 Å². The lowest BCUT2D eigenvalue weighted by Gasteiger charge is -2.17. The first-order valence-electron chi connectivity index (χ1n) is 8.87. The van der Waals surface area contributed by atoms with Crippen LogP contribution >= 0.6 is 0 Å². The fourth-order valence-corrected chi connectivity index (χ4v) is 2.70. The number of carbonyl (C=O) groups is 1. The van der Waals surface area contributed by atoms with Gasteiger partial charge in [-0.25, -0.2) is 0 Å².